The van der Waals surface area contributed by atoms with Crippen molar-refractivity contribution in [3.8, 4) is 0 Å². The van der Waals surface area contributed by atoms with Gasteiger partial charge >= 0.3 is 0 Å². The molecule has 5 heteroatoms. The number of benzene rings is 1. The highest BCUT2D eigenvalue weighted by Gasteiger charge is 2.07. The molecule has 0 radical (unpaired) electrons. The summed E-state index contributed by atoms with van der Waals surface area (Å²) < 4.78 is 5.35. The smallest absolute Gasteiger partial charge is 0.169 e. The molecule has 0 fully saturated rings. The zero-order valence-electron chi connectivity index (χ0n) is 11.6. The molecule has 3 N–H and O–H groups in total. The van der Waals surface area contributed by atoms with Crippen LogP contribution in [-0.2, 0) is 6.61 Å². The normalized spacial score (nSPS) is 12.0. The minimum Gasteiger partial charge on any atom is -0.455 e. The molecular formula is C16H15N3O2. The number of fused-ring (bicyclic) bond motifs is 1. The lowest BCUT2D eigenvalue weighted by Crippen LogP contribution is -2.11. The van der Waals surface area contributed by atoms with Crippen LogP contribution >= 0.6 is 0 Å². The third-order valence-electron chi connectivity index (χ3n) is 3.21. The highest BCUT2D eigenvalue weighted by Crippen LogP contribution is 2.22. The monoisotopic (exact) mass is 281 g/mol. The van der Waals surface area contributed by atoms with Gasteiger partial charge in [-0.3, -0.25) is 0 Å². The maximum atomic E-state index is 8.99. The summed E-state index contributed by atoms with van der Waals surface area (Å²) >= 11 is 0. The molecule has 21 heavy (non-hydrogen) atoms. The van der Waals surface area contributed by atoms with Crippen LogP contribution in [-0.4, -0.2) is 15.9 Å². The fourth-order valence-electron chi connectivity index (χ4n) is 2.17. The van der Waals surface area contributed by atoms with Crippen molar-refractivity contribution in [1.82, 2.24) is 4.98 Å². The molecule has 1 aromatic carbocycles. The van der Waals surface area contributed by atoms with E-state index in [0.717, 1.165) is 16.5 Å². The van der Waals surface area contributed by atoms with Crippen LogP contribution in [0.2, 0.25) is 0 Å². The van der Waals surface area contributed by atoms with Gasteiger partial charge in [0, 0.05) is 5.39 Å². The zero-order chi connectivity index (χ0) is 14.8. The summed E-state index contributed by atoms with van der Waals surface area (Å²) in [6.07, 6.45) is 0. The van der Waals surface area contributed by atoms with Gasteiger partial charge in [-0.05, 0) is 36.8 Å². The lowest BCUT2D eigenvalue weighted by molar-refractivity contribution is 0.246. The van der Waals surface area contributed by atoms with Crippen molar-refractivity contribution < 1.29 is 9.52 Å². The first-order valence-electron chi connectivity index (χ1n) is 6.58. The van der Waals surface area contributed by atoms with Crippen molar-refractivity contribution in [3.05, 3.63) is 59.5 Å². The fraction of sp³-hybridized carbons (Fsp3) is 0.125. The SMILES string of the molecule is Cc1cc(N=C(N)c2ccc(CO)o2)nc2ccccc12. The molecule has 5 nitrogen and oxygen atoms in total. The lowest BCUT2D eigenvalue weighted by atomic mass is 10.1. The molecule has 0 aliphatic carbocycles. The van der Waals surface area contributed by atoms with Gasteiger partial charge in [0.15, 0.2) is 17.4 Å². The van der Waals surface area contributed by atoms with Crippen molar-refractivity contribution in [2.45, 2.75) is 13.5 Å². The number of aromatic nitrogens is 1. The van der Waals surface area contributed by atoms with Gasteiger partial charge in [0.2, 0.25) is 0 Å². The number of nitrogens with two attached hydrogens (primary N) is 1. The quantitative estimate of drug-likeness (QED) is 0.571. The van der Waals surface area contributed by atoms with Gasteiger partial charge in [0.1, 0.15) is 12.4 Å². The molecule has 2 aromatic heterocycles. The summed E-state index contributed by atoms with van der Waals surface area (Å²) in [6.45, 7) is 1.84. The second-order valence-corrected chi connectivity index (χ2v) is 4.74. The van der Waals surface area contributed by atoms with Crippen molar-refractivity contribution in [1.29, 1.82) is 0 Å². The number of aliphatic hydroxyl groups excluding tert-OH is 1. The minimum absolute atomic E-state index is 0.166. The minimum atomic E-state index is -0.166. The number of para-hydroxylation sites is 1. The Morgan fingerprint density at radius 2 is 2.10 bits per heavy atom. The lowest BCUT2D eigenvalue weighted by Gasteiger charge is -2.03. The first kappa shape index (κ1) is 13.3. The maximum Gasteiger partial charge on any atom is 0.169 e. The molecule has 0 spiro atoms. The van der Waals surface area contributed by atoms with E-state index in [4.69, 9.17) is 15.3 Å². The van der Waals surface area contributed by atoms with Gasteiger partial charge < -0.3 is 15.3 Å². The van der Waals surface area contributed by atoms with Crippen molar-refractivity contribution >= 4 is 22.6 Å². The maximum absolute atomic E-state index is 8.99. The van der Waals surface area contributed by atoms with Crippen LogP contribution < -0.4 is 5.73 Å². The van der Waals surface area contributed by atoms with Gasteiger partial charge in [-0.2, -0.15) is 0 Å². The standard InChI is InChI=1S/C16H15N3O2/c1-10-8-15(18-13-5-3-2-4-12(10)13)19-16(17)14-7-6-11(9-20)21-14/h2-8,20H,9H2,1H3,(H2,17,18,19). The van der Waals surface area contributed by atoms with E-state index in [1.54, 1.807) is 12.1 Å². The van der Waals surface area contributed by atoms with Crippen molar-refractivity contribution in [2.24, 2.45) is 10.7 Å². The van der Waals surface area contributed by atoms with E-state index in [1.807, 2.05) is 37.3 Å². The molecule has 0 bridgehead atoms. The van der Waals surface area contributed by atoms with Gasteiger partial charge in [0.05, 0.1) is 5.52 Å². The van der Waals surface area contributed by atoms with E-state index < -0.39 is 0 Å². The highest BCUT2D eigenvalue weighted by atomic mass is 16.4. The second kappa shape index (κ2) is 5.38. The number of aliphatic imine (C=N–C) groups is 1. The number of hydrogen-bond donors (Lipinski definition) is 2. The Hall–Kier alpha value is -2.66. The molecule has 3 aromatic rings. The van der Waals surface area contributed by atoms with Crippen LogP contribution in [0.3, 0.4) is 0 Å². The third kappa shape index (κ3) is 2.64. The van der Waals surface area contributed by atoms with E-state index in [0.29, 0.717) is 17.3 Å². The first-order chi connectivity index (χ1) is 10.2. The Balaban J connectivity index is 2.02. The largest absolute Gasteiger partial charge is 0.455 e. The van der Waals surface area contributed by atoms with E-state index in [-0.39, 0.29) is 12.4 Å². The van der Waals surface area contributed by atoms with Crippen LogP contribution in [0.25, 0.3) is 10.9 Å². The summed E-state index contributed by atoms with van der Waals surface area (Å²) in [5.74, 6) is 1.64. The summed E-state index contributed by atoms with van der Waals surface area (Å²) in [7, 11) is 0. The molecule has 0 unspecified atom stereocenters. The molecule has 106 valence electrons. The number of furan rings is 1. The van der Waals surface area contributed by atoms with Crippen molar-refractivity contribution in [3.63, 3.8) is 0 Å². The molecule has 0 amide bonds. The number of nitrogens with zero attached hydrogens (tertiary/aromatic N) is 2. The number of amidine groups is 1. The first-order valence-corrected chi connectivity index (χ1v) is 6.58. The molecular weight excluding hydrogens is 266 g/mol. The van der Waals surface area contributed by atoms with Crippen molar-refractivity contribution in [2.75, 3.05) is 0 Å². The van der Waals surface area contributed by atoms with E-state index in [2.05, 4.69) is 9.98 Å². The number of hydrogen-bond acceptors (Lipinski definition) is 4. The molecule has 0 atom stereocenters. The molecule has 0 aliphatic heterocycles. The molecule has 0 saturated carbocycles. The molecule has 0 aliphatic rings. The van der Waals surface area contributed by atoms with Crippen LogP contribution in [0.4, 0.5) is 5.82 Å². The Morgan fingerprint density at radius 3 is 2.86 bits per heavy atom. The van der Waals surface area contributed by atoms with Crippen LogP contribution in [0.5, 0.6) is 0 Å². The fourth-order valence-corrected chi connectivity index (χ4v) is 2.17. The van der Waals surface area contributed by atoms with Crippen LogP contribution in [0, 0.1) is 6.92 Å². The van der Waals surface area contributed by atoms with E-state index in [1.165, 1.54) is 0 Å². The predicted molar refractivity (Wildman–Crippen MR) is 81.5 cm³/mol. The van der Waals surface area contributed by atoms with Gasteiger partial charge in [0.25, 0.3) is 0 Å². The van der Waals surface area contributed by atoms with E-state index in [9.17, 15) is 0 Å². The Labute approximate surface area is 121 Å². The average Bonchev–Trinajstić information content (AvgIpc) is 2.96. The van der Waals surface area contributed by atoms with Crippen LogP contribution in [0.1, 0.15) is 17.1 Å². The van der Waals surface area contributed by atoms with Gasteiger partial charge in [-0.25, -0.2) is 9.98 Å². The Morgan fingerprint density at radius 1 is 1.29 bits per heavy atom. The van der Waals surface area contributed by atoms with Gasteiger partial charge in [-0.15, -0.1) is 0 Å². The summed E-state index contributed by atoms with van der Waals surface area (Å²) in [5, 5.41) is 10.1. The van der Waals surface area contributed by atoms with Gasteiger partial charge in [-0.1, -0.05) is 18.2 Å². The molecule has 0 saturated heterocycles. The summed E-state index contributed by atoms with van der Waals surface area (Å²) in [4.78, 5) is 8.77. The molecule has 2 heterocycles. The number of pyridine rings is 1. The highest BCUT2D eigenvalue weighted by molar-refractivity contribution is 5.96. The topological polar surface area (TPSA) is 84.6 Å². The number of aryl methyl sites for hydroxylation is 1. The third-order valence-corrected chi connectivity index (χ3v) is 3.21. The number of aliphatic hydroxyl groups is 1. The second-order valence-electron chi connectivity index (χ2n) is 4.74. The molecule has 3 rings (SSSR count). The zero-order valence-corrected chi connectivity index (χ0v) is 11.6. The Bertz CT molecular complexity index is 821. The van der Waals surface area contributed by atoms with Crippen LogP contribution in [0.15, 0.2) is 51.9 Å². The Kier molecular flexibility index (Phi) is 3.41. The summed E-state index contributed by atoms with van der Waals surface area (Å²) in [6, 6.07) is 13.1. The summed E-state index contributed by atoms with van der Waals surface area (Å²) in [5.41, 5.74) is 7.88. The average molecular weight is 281 g/mol. The van der Waals surface area contributed by atoms with E-state index >= 15 is 0 Å². The predicted octanol–water partition coefficient (Wildman–Crippen LogP) is 2.67. The number of rotatable bonds is 3.